The molecule has 1 aromatic carbocycles. The largest absolute Gasteiger partial charge is 0.505 e. The van der Waals surface area contributed by atoms with Crippen LogP contribution in [0, 0.1) is 5.92 Å². The van der Waals surface area contributed by atoms with Gasteiger partial charge in [0.05, 0.1) is 0 Å². The molecule has 0 aromatic heterocycles. The number of likely N-dealkylation sites (N-methyl/N-ethyl adjacent to an activating group) is 1. The molecule has 3 unspecified atom stereocenters. The normalized spacial score (nSPS) is 33.0. The zero-order valence-corrected chi connectivity index (χ0v) is 14.3. The van der Waals surface area contributed by atoms with E-state index >= 15 is 0 Å². The number of hydrogen-bond donors (Lipinski definition) is 3. The molecule has 0 saturated carbocycles. The summed E-state index contributed by atoms with van der Waals surface area (Å²) in [5, 5.41) is 30.6. The molecule has 4 rings (SSSR count). The highest BCUT2D eigenvalue weighted by Crippen LogP contribution is 2.58. The number of hydrogen-bond acceptors (Lipinski definition) is 5. The van der Waals surface area contributed by atoms with Gasteiger partial charge in [0.1, 0.15) is 0 Å². The minimum atomic E-state index is -0.556. The van der Waals surface area contributed by atoms with E-state index in [2.05, 4.69) is 27.9 Å². The number of phenolic OH excluding ortho intramolecular Hbond substituents is 2. The number of benzene rings is 1. The van der Waals surface area contributed by atoms with Gasteiger partial charge in [0.25, 0.3) is 0 Å². The number of rotatable bonds is 0. The molecule has 3 aliphatic rings. The van der Waals surface area contributed by atoms with Gasteiger partial charge in [0.15, 0.2) is 23.0 Å². The van der Waals surface area contributed by atoms with Gasteiger partial charge in [0, 0.05) is 33.8 Å². The van der Waals surface area contributed by atoms with Gasteiger partial charge in [-0.25, -0.2) is 0 Å². The highest BCUT2D eigenvalue weighted by molar-refractivity contribution is 9.10. The lowest BCUT2D eigenvalue weighted by Crippen LogP contribution is -2.60. The number of Topliss-reactive ketones (excluding diaryl/α,β-unsaturated/α-hetero) is 1. The number of nitrogens with zero attached hydrogens (tertiary/aromatic N) is 1. The third-order valence-corrected chi connectivity index (χ3v) is 6.58. The predicted molar refractivity (Wildman–Crippen MR) is 87.7 cm³/mol. The van der Waals surface area contributed by atoms with Gasteiger partial charge < -0.3 is 20.2 Å². The van der Waals surface area contributed by atoms with Crippen molar-refractivity contribution in [1.82, 2.24) is 4.90 Å². The van der Waals surface area contributed by atoms with Gasteiger partial charge in [-0.15, -0.1) is 0 Å². The highest BCUT2D eigenvalue weighted by Gasteiger charge is 2.56. The molecule has 122 valence electrons. The molecule has 1 heterocycles. The number of halogens is 1. The summed E-state index contributed by atoms with van der Waals surface area (Å²) in [6, 6.07) is 1.67. The molecule has 2 aliphatic carbocycles. The molecule has 0 amide bonds. The Labute approximate surface area is 142 Å². The van der Waals surface area contributed by atoms with Crippen LogP contribution in [0.2, 0.25) is 0 Å². The Kier molecular flexibility index (Phi) is 3.09. The number of aliphatic hydroxyl groups is 1. The molecule has 2 bridgehead atoms. The number of likely N-dealkylation sites (tertiary alicyclic amines) is 1. The van der Waals surface area contributed by atoms with Crippen LogP contribution in [-0.2, 0) is 16.6 Å². The SMILES string of the molecule is CN1CCC23CC(=O)C(O)=CC2C1Cc1c(Br)cc(O)c(O)c13. The van der Waals surface area contributed by atoms with Crippen LogP contribution in [0.5, 0.6) is 11.5 Å². The highest BCUT2D eigenvalue weighted by atomic mass is 79.9. The van der Waals surface area contributed by atoms with Crippen LogP contribution < -0.4 is 0 Å². The van der Waals surface area contributed by atoms with Gasteiger partial charge in [0.2, 0.25) is 0 Å². The van der Waals surface area contributed by atoms with Crippen molar-refractivity contribution >= 4 is 21.7 Å². The van der Waals surface area contributed by atoms with Crippen molar-refractivity contribution < 1.29 is 20.1 Å². The van der Waals surface area contributed by atoms with Gasteiger partial charge in [-0.05, 0) is 44.1 Å². The van der Waals surface area contributed by atoms with Crippen LogP contribution in [0.1, 0.15) is 24.0 Å². The Balaban J connectivity index is 2.04. The minimum absolute atomic E-state index is 0.0500. The van der Waals surface area contributed by atoms with E-state index in [0.29, 0.717) is 18.4 Å². The van der Waals surface area contributed by atoms with Crippen molar-refractivity contribution in [3.8, 4) is 11.5 Å². The third kappa shape index (κ3) is 1.85. The lowest BCUT2D eigenvalue weighted by molar-refractivity contribution is -0.122. The number of piperidine rings is 1. The zero-order valence-electron chi connectivity index (χ0n) is 12.7. The van der Waals surface area contributed by atoms with Gasteiger partial charge in [-0.2, -0.15) is 0 Å². The van der Waals surface area contributed by atoms with E-state index in [1.807, 2.05) is 0 Å². The first kappa shape index (κ1) is 15.0. The Morgan fingerprint density at radius 3 is 2.83 bits per heavy atom. The number of carbonyl (C=O) groups excluding carboxylic acids is 1. The molecule has 3 atom stereocenters. The smallest absolute Gasteiger partial charge is 0.197 e. The number of fused-ring (bicyclic) bond motifs is 1. The molecule has 23 heavy (non-hydrogen) atoms. The summed E-state index contributed by atoms with van der Waals surface area (Å²) in [5.74, 6) is -0.818. The number of carbonyl (C=O) groups is 1. The number of aliphatic hydroxyl groups excluding tert-OH is 1. The van der Waals surface area contributed by atoms with E-state index in [9.17, 15) is 20.1 Å². The van der Waals surface area contributed by atoms with Crippen LogP contribution in [0.25, 0.3) is 0 Å². The quantitative estimate of drug-likeness (QED) is 0.603. The lowest BCUT2D eigenvalue weighted by Gasteiger charge is -2.56. The molecule has 6 heteroatoms. The van der Waals surface area contributed by atoms with Gasteiger partial charge in [-0.1, -0.05) is 15.9 Å². The summed E-state index contributed by atoms with van der Waals surface area (Å²) in [6.07, 6.45) is 3.23. The number of phenols is 2. The van der Waals surface area contributed by atoms with Crippen LogP contribution in [0.15, 0.2) is 22.4 Å². The first-order valence-electron chi connectivity index (χ1n) is 7.73. The molecular weight excluding hydrogens is 362 g/mol. The Morgan fingerprint density at radius 2 is 2.09 bits per heavy atom. The van der Waals surface area contributed by atoms with Gasteiger partial charge >= 0.3 is 0 Å². The second-order valence-corrected chi connectivity index (χ2v) is 7.77. The maximum Gasteiger partial charge on any atom is 0.197 e. The molecule has 3 N–H and O–H groups in total. The molecule has 5 nitrogen and oxygen atoms in total. The summed E-state index contributed by atoms with van der Waals surface area (Å²) in [5.41, 5.74) is 1.07. The summed E-state index contributed by atoms with van der Waals surface area (Å²) < 4.78 is 0.757. The van der Waals surface area contributed by atoms with Crippen molar-refractivity contribution in [3.05, 3.63) is 33.5 Å². The first-order valence-corrected chi connectivity index (χ1v) is 8.52. The molecular formula is C17H18BrNO4. The summed E-state index contributed by atoms with van der Waals surface area (Å²) in [4.78, 5) is 14.5. The summed E-state index contributed by atoms with van der Waals surface area (Å²) in [7, 11) is 2.05. The van der Waals surface area contributed by atoms with Crippen LogP contribution in [0.3, 0.4) is 0 Å². The monoisotopic (exact) mass is 379 g/mol. The van der Waals surface area contributed by atoms with E-state index in [4.69, 9.17) is 0 Å². The van der Waals surface area contributed by atoms with Crippen molar-refractivity contribution in [2.24, 2.45) is 5.92 Å². The Bertz CT molecular complexity index is 759. The van der Waals surface area contributed by atoms with E-state index < -0.39 is 5.41 Å². The average Bonchev–Trinajstić information content (AvgIpc) is 2.49. The van der Waals surface area contributed by atoms with Crippen LogP contribution in [0.4, 0.5) is 0 Å². The molecule has 1 aliphatic heterocycles. The standard InChI is InChI=1S/C17H18BrNO4/c1-19-3-2-17-7-14(22)12(20)5-9(17)11(19)4-8-10(18)6-13(21)16(23)15(8)17/h5-6,9,11,20-21,23H,2-4,7H2,1H3. The fourth-order valence-corrected chi connectivity index (χ4v) is 5.32. The third-order valence-electron chi connectivity index (χ3n) is 5.87. The van der Waals surface area contributed by atoms with Crippen LogP contribution in [-0.4, -0.2) is 45.6 Å². The van der Waals surface area contributed by atoms with Crippen molar-refractivity contribution in [3.63, 3.8) is 0 Å². The van der Waals surface area contributed by atoms with Crippen LogP contribution >= 0.6 is 15.9 Å². The number of ketones is 1. The molecule has 0 radical (unpaired) electrons. The summed E-state index contributed by atoms with van der Waals surface area (Å²) >= 11 is 3.50. The van der Waals surface area contributed by atoms with Gasteiger partial charge in [-0.3, -0.25) is 4.79 Å². The maximum atomic E-state index is 12.2. The zero-order chi connectivity index (χ0) is 16.5. The van der Waals surface area contributed by atoms with E-state index in [0.717, 1.165) is 16.6 Å². The second kappa shape index (κ2) is 4.74. The predicted octanol–water partition coefficient (Wildman–Crippen LogP) is 2.39. The first-order chi connectivity index (χ1) is 10.8. The lowest BCUT2D eigenvalue weighted by atomic mass is 9.53. The fourth-order valence-electron chi connectivity index (χ4n) is 4.74. The fraction of sp³-hybridized carbons (Fsp3) is 0.471. The number of aromatic hydroxyl groups is 2. The van der Waals surface area contributed by atoms with E-state index in [1.165, 1.54) is 6.07 Å². The van der Waals surface area contributed by atoms with Crippen molar-refractivity contribution in [2.45, 2.75) is 30.7 Å². The number of allylic oxidation sites excluding steroid dienone is 1. The summed E-state index contributed by atoms with van der Waals surface area (Å²) in [6.45, 7) is 0.815. The topological polar surface area (TPSA) is 81.0 Å². The minimum Gasteiger partial charge on any atom is -0.505 e. The average molecular weight is 380 g/mol. The van der Waals surface area contributed by atoms with E-state index in [1.54, 1.807) is 6.08 Å². The maximum absolute atomic E-state index is 12.2. The van der Waals surface area contributed by atoms with Crippen molar-refractivity contribution in [2.75, 3.05) is 13.6 Å². The molecule has 1 saturated heterocycles. The second-order valence-electron chi connectivity index (χ2n) is 6.92. The Morgan fingerprint density at radius 1 is 1.35 bits per heavy atom. The molecule has 1 fully saturated rings. The Hall–Kier alpha value is -1.53. The van der Waals surface area contributed by atoms with Crippen molar-refractivity contribution in [1.29, 1.82) is 0 Å². The molecule has 0 spiro atoms. The molecule has 1 aromatic rings. The van der Waals surface area contributed by atoms with E-state index in [-0.39, 0.29) is 41.4 Å².